The van der Waals surface area contributed by atoms with Crippen molar-refractivity contribution in [1.29, 1.82) is 0 Å². The van der Waals surface area contributed by atoms with Crippen LogP contribution in [0.15, 0.2) is 53.7 Å². The van der Waals surface area contributed by atoms with Gasteiger partial charge in [0.15, 0.2) is 0 Å². The maximum atomic E-state index is 10.3. The van der Waals surface area contributed by atoms with Crippen molar-refractivity contribution < 1.29 is 14.7 Å². The van der Waals surface area contributed by atoms with Gasteiger partial charge in [-0.05, 0) is 62.5 Å². The molecule has 1 heterocycles. The third-order valence-electron chi connectivity index (χ3n) is 6.46. The molecule has 0 aromatic heterocycles. The Hall–Kier alpha value is -2.08. The topological polar surface area (TPSA) is 54.3 Å². The Bertz CT molecular complexity index is 879. The van der Waals surface area contributed by atoms with Crippen LogP contribution in [-0.4, -0.2) is 55.2 Å². The monoisotopic (exact) mass is 486 g/mol. The molecule has 1 N–H and O–H groups in total. The Morgan fingerprint density at radius 1 is 1.09 bits per heavy atom. The van der Waals surface area contributed by atoms with Crippen LogP contribution in [0.1, 0.15) is 63.0 Å². The van der Waals surface area contributed by atoms with Gasteiger partial charge in [-0.2, -0.15) is 0 Å². The number of rotatable bonds is 13. The zero-order valence-corrected chi connectivity index (χ0v) is 21.3. The van der Waals surface area contributed by atoms with E-state index >= 15 is 0 Å². The summed E-state index contributed by atoms with van der Waals surface area (Å²) in [5, 5.41) is 15.3. The molecular formula is C28H39ClN2O3. The van der Waals surface area contributed by atoms with E-state index in [1.807, 2.05) is 48.5 Å². The van der Waals surface area contributed by atoms with Gasteiger partial charge in [0, 0.05) is 22.7 Å². The van der Waals surface area contributed by atoms with Gasteiger partial charge < -0.3 is 19.6 Å². The lowest BCUT2D eigenvalue weighted by Crippen LogP contribution is -2.40. The summed E-state index contributed by atoms with van der Waals surface area (Å²) in [4.78, 5) is 7.50. The summed E-state index contributed by atoms with van der Waals surface area (Å²) in [5.74, 6) is 1.37. The maximum absolute atomic E-state index is 10.3. The molecule has 1 fully saturated rings. The van der Waals surface area contributed by atoms with Gasteiger partial charge in [-0.3, -0.25) is 0 Å². The molecular weight excluding hydrogens is 448 g/mol. The minimum Gasteiger partial charge on any atom is -0.493 e. The van der Waals surface area contributed by atoms with E-state index in [-0.39, 0.29) is 6.10 Å². The number of nitrogens with zero attached hydrogens (tertiary/aromatic N) is 2. The van der Waals surface area contributed by atoms with Crippen molar-refractivity contribution in [2.45, 2.75) is 58.0 Å². The lowest BCUT2D eigenvalue weighted by atomic mass is 9.97. The van der Waals surface area contributed by atoms with E-state index in [9.17, 15) is 5.11 Å². The quantitative estimate of drug-likeness (QED) is 0.209. The minimum atomic E-state index is -0.198. The molecule has 3 rings (SSSR count). The SMILES string of the molecule is CCCCCC[C@H](O)CN1CCC(COc2cccc(/C(=N/OC)c3ccc(Cl)cc3)c2)CC1. The molecule has 1 saturated heterocycles. The van der Waals surface area contributed by atoms with Crippen LogP contribution < -0.4 is 4.74 Å². The minimum absolute atomic E-state index is 0.198. The van der Waals surface area contributed by atoms with E-state index in [1.54, 1.807) is 7.11 Å². The van der Waals surface area contributed by atoms with E-state index in [0.29, 0.717) is 17.5 Å². The van der Waals surface area contributed by atoms with Gasteiger partial charge in [0.1, 0.15) is 18.6 Å². The first kappa shape index (κ1) is 26.5. The fourth-order valence-corrected chi connectivity index (χ4v) is 4.58. The molecule has 1 atom stereocenters. The zero-order chi connectivity index (χ0) is 24.2. The highest BCUT2D eigenvalue weighted by molar-refractivity contribution is 6.30. The van der Waals surface area contributed by atoms with Crippen molar-refractivity contribution in [1.82, 2.24) is 4.90 Å². The van der Waals surface area contributed by atoms with Crippen molar-refractivity contribution in [3.05, 3.63) is 64.7 Å². The second kappa shape index (κ2) is 14.3. The average Bonchev–Trinajstić information content (AvgIpc) is 2.86. The van der Waals surface area contributed by atoms with Crippen LogP contribution in [0, 0.1) is 5.92 Å². The number of unbranched alkanes of at least 4 members (excludes halogenated alkanes) is 3. The van der Waals surface area contributed by atoms with Crippen LogP contribution in [-0.2, 0) is 4.84 Å². The van der Waals surface area contributed by atoms with Gasteiger partial charge in [0.05, 0.1) is 12.7 Å². The Kier molecular flexibility index (Phi) is 11.2. The highest BCUT2D eigenvalue weighted by Gasteiger charge is 2.21. The van der Waals surface area contributed by atoms with Crippen LogP contribution in [0.5, 0.6) is 5.75 Å². The van der Waals surface area contributed by atoms with Crippen molar-refractivity contribution in [3.8, 4) is 5.75 Å². The normalized spacial score (nSPS) is 16.4. The molecule has 0 aliphatic carbocycles. The number of benzene rings is 2. The highest BCUT2D eigenvalue weighted by Crippen LogP contribution is 2.23. The van der Waals surface area contributed by atoms with Crippen LogP contribution in [0.3, 0.4) is 0 Å². The summed E-state index contributed by atoms with van der Waals surface area (Å²) in [6.45, 7) is 5.78. The van der Waals surface area contributed by atoms with Gasteiger partial charge in [-0.1, -0.05) is 73.6 Å². The van der Waals surface area contributed by atoms with E-state index < -0.39 is 0 Å². The third kappa shape index (κ3) is 8.61. The van der Waals surface area contributed by atoms with E-state index in [1.165, 1.54) is 19.3 Å². The fourth-order valence-electron chi connectivity index (χ4n) is 4.45. The lowest BCUT2D eigenvalue weighted by molar-refractivity contribution is 0.0735. The van der Waals surface area contributed by atoms with Gasteiger partial charge >= 0.3 is 0 Å². The number of aliphatic hydroxyl groups is 1. The van der Waals surface area contributed by atoms with Gasteiger partial charge in [0.2, 0.25) is 0 Å². The molecule has 5 nitrogen and oxygen atoms in total. The molecule has 0 saturated carbocycles. The molecule has 34 heavy (non-hydrogen) atoms. The number of hydrogen-bond donors (Lipinski definition) is 1. The number of aliphatic hydroxyl groups excluding tert-OH is 1. The number of β-amino-alcohol motifs (C(OH)–C–C–N with tert-alkyl or cyclic N) is 1. The molecule has 0 spiro atoms. The molecule has 0 unspecified atom stereocenters. The molecule has 0 radical (unpaired) electrons. The predicted octanol–water partition coefficient (Wildman–Crippen LogP) is 6.16. The van der Waals surface area contributed by atoms with Gasteiger partial charge in [-0.15, -0.1) is 0 Å². The van der Waals surface area contributed by atoms with E-state index in [0.717, 1.165) is 67.9 Å². The number of piperidine rings is 1. The molecule has 1 aliphatic heterocycles. The Morgan fingerprint density at radius 2 is 1.85 bits per heavy atom. The molecule has 1 aliphatic rings. The van der Waals surface area contributed by atoms with Crippen molar-refractivity contribution in [2.24, 2.45) is 11.1 Å². The fraction of sp³-hybridized carbons (Fsp3) is 0.536. The van der Waals surface area contributed by atoms with Crippen molar-refractivity contribution in [2.75, 3.05) is 33.4 Å². The van der Waals surface area contributed by atoms with E-state index in [4.69, 9.17) is 21.2 Å². The van der Waals surface area contributed by atoms with Crippen LogP contribution >= 0.6 is 11.6 Å². The first-order chi connectivity index (χ1) is 16.6. The molecule has 6 heteroatoms. The van der Waals surface area contributed by atoms with Gasteiger partial charge in [0.25, 0.3) is 0 Å². The maximum Gasteiger partial charge on any atom is 0.119 e. The summed E-state index contributed by atoms with van der Waals surface area (Å²) in [6.07, 6.45) is 7.79. The van der Waals surface area contributed by atoms with Crippen molar-refractivity contribution in [3.63, 3.8) is 0 Å². The number of ether oxygens (including phenoxy) is 1. The molecule has 2 aromatic rings. The first-order valence-electron chi connectivity index (χ1n) is 12.6. The number of halogens is 1. The van der Waals surface area contributed by atoms with Crippen LogP contribution in [0.25, 0.3) is 0 Å². The van der Waals surface area contributed by atoms with Crippen molar-refractivity contribution >= 4 is 17.3 Å². The Morgan fingerprint density at radius 3 is 2.56 bits per heavy atom. The lowest BCUT2D eigenvalue weighted by Gasteiger charge is -2.33. The first-order valence-corrected chi connectivity index (χ1v) is 13.0. The number of oxime groups is 1. The van der Waals surface area contributed by atoms with Gasteiger partial charge in [-0.25, -0.2) is 0 Å². The standard InChI is InChI=1S/C28H39ClN2O3/c1-3-4-5-6-9-26(32)20-31-17-15-22(16-18-31)21-34-27-10-7-8-24(19-27)28(30-33-2)23-11-13-25(29)14-12-23/h7-8,10-14,19,22,26,32H,3-6,9,15-18,20-21H2,1-2H3/b30-28+/t26-/m0/s1. The molecule has 186 valence electrons. The zero-order valence-electron chi connectivity index (χ0n) is 20.6. The Balaban J connectivity index is 1.47. The summed E-state index contributed by atoms with van der Waals surface area (Å²) in [7, 11) is 1.55. The average molecular weight is 487 g/mol. The Labute approximate surface area is 209 Å². The third-order valence-corrected chi connectivity index (χ3v) is 6.71. The smallest absolute Gasteiger partial charge is 0.119 e. The van der Waals surface area contributed by atoms with Crippen LogP contribution in [0.4, 0.5) is 0 Å². The largest absolute Gasteiger partial charge is 0.493 e. The number of likely N-dealkylation sites (tertiary alicyclic amines) is 1. The summed E-state index contributed by atoms with van der Waals surface area (Å²) < 4.78 is 6.18. The highest BCUT2D eigenvalue weighted by atomic mass is 35.5. The summed E-state index contributed by atoms with van der Waals surface area (Å²) in [5.41, 5.74) is 2.61. The van der Waals surface area contributed by atoms with E-state index in [2.05, 4.69) is 17.0 Å². The van der Waals surface area contributed by atoms with Crippen LogP contribution in [0.2, 0.25) is 5.02 Å². The molecule has 2 aromatic carbocycles. The molecule has 0 bridgehead atoms. The molecule has 0 amide bonds. The second-order valence-electron chi connectivity index (χ2n) is 9.22. The predicted molar refractivity (Wildman–Crippen MR) is 140 cm³/mol. The summed E-state index contributed by atoms with van der Waals surface area (Å²) >= 11 is 6.04. The second-order valence-corrected chi connectivity index (χ2v) is 9.65. The number of hydrogen-bond acceptors (Lipinski definition) is 5. The summed E-state index contributed by atoms with van der Waals surface area (Å²) in [6, 6.07) is 15.5.